The van der Waals surface area contributed by atoms with Crippen molar-refractivity contribution in [1.29, 1.82) is 0 Å². The zero-order valence-electron chi connectivity index (χ0n) is 11.3. The highest BCUT2D eigenvalue weighted by Gasteiger charge is 2.30. The molecule has 2 nitrogen and oxygen atoms in total. The van der Waals surface area contributed by atoms with E-state index in [0.717, 1.165) is 19.0 Å². The topological polar surface area (TPSA) is 24.4 Å². The molecule has 1 heterocycles. The number of nitrogens with one attached hydrogen (secondary N) is 1. The van der Waals surface area contributed by atoms with Crippen LogP contribution in [0.5, 0.6) is 0 Å². The standard InChI is InChI=1S/C14H26N2S/c1-3-14(4-2)10-16-13(17-11-14)15-9-5-6-12-7-8-12/h12H,3-11H2,1-2H3,(H,15,16). The zero-order chi connectivity index (χ0) is 12.1. The van der Waals surface area contributed by atoms with Crippen LogP contribution in [0.15, 0.2) is 4.99 Å². The van der Waals surface area contributed by atoms with Crippen LogP contribution in [0, 0.1) is 11.3 Å². The van der Waals surface area contributed by atoms with Crippen molar-refractivity contribution in [3.63, 3.8) is 0 Å². The summed E-state index contributed by atoms with van der Waals surface area (Å²) in [4.78, 5) is 4.73. The molecular weight excluding hydrogens is 228 g/mol. The number of thioether (sulfide) groups is 1. The highest BCUT2D eigenvalue weighted by atomic mass is 32.2. The number of nitrogens with zero attached hydrogens (tertiary/aromatic N) is 1. The van der Waals surface area contributed by atoms with Crippen LogP contribution in [0.4, 0.5) is 0 Å². The number of amidine groups is 1. The van der Waals surface area contributed by atoms with Gasteiger partial charge in [-0.3, -0.25) is 4.99 Å². The van der Waals surface area contributed by atoms with Crippen molar-refractivity contribution >= 4 is 16.9 Å². The first kappa shape index (κ1) is 13.3. The van der Waals surface area contributed by atoms with Crippen molar-refractivity contribution in [3.8, 4) is 0 Å². The molecule has 98 valence electrons. The Balaban J connectivity index is 1.66. The zero-order valence-corrected chi connectivity index (χ0v) is 12.1. The molecule has 2 aliphatic rings. The predicted molar refractivity (Wildman–Crippen MR) is 77.7 cm³/mol. The summed E-state index contributed by atoms with van der Waals surface area (Å²) in [6, 6.07) is 0. The quantitative estimate of drug-likeness (QED) is 0.731. The third-order valence-electron chi connectivity index (χ3n) is 4.34. The van der Waals surface area contributed by atoms with E-state index >= 15 is 0 Å². The molecule has 0 unspecified atom stereocenters. The minimum absolute atomic E-state index is 0.476. The van der Waals surface area contributed by atoms with E-state index in [-0.39, 0.29) is 0 Å². The van der Waals surface area contributed by atoms with Crippen molar-refractivity contribution in [2.24, 2.45) is 16.3 Å². The van der Waals surface area contributed by atoms with Gasteiger partial charge in [-0.2, -0.15) is 0 Å². The number of rotatable bonds is 6. The minimum atomic E-state index is 0.476. The minimum Gasteiger partial charge on any atom is -0.365 e. The molecule has 2 rings (SSSR count). The van der Waals surface area contributed by atoms with Gasteiger partial charge in [0.25, 0.3) is 0 Å². The van der Waals surface area contributed by atoms with Crippen LogP contribution in [0.3, 0.4) is 0 Å². The Hall–Kier alpha value is -0.180. The molecule has 0 saturated heterocycles. The van der Waals surface area contributed by atoms with Crippen molar-refractivity contribution in [2.75, 3.05) is 18.8 Å². The van der Waals surface area contributed by atoms with Gasteiger partial charge in [0.2, 0.25) is 0 Å². The lowest BCUT2D eigenvalue weighted by molar-refractivity contribution is 0.318. The van der Waals surface area contributed by atoms with E-state index in [9.17, 15) is 0 Å². The Kier molecular flexibility index (Phi) is 4.78. The van der Waals surface area contributed by atoms with Gasteiger partial charge < -0.3 is 5.32 Å². The molecular formula is C14H26N2S. The molecule has 0 bridgehead atoms. The largest absolute Gasteiger partial charge is 0.365 e. The second-order valence-electron chi connectivity index (χ2n) is 5.63. The Morgan fingerprint density at radius 3 is 2.65 bits per heavy atom. The average Bonchev–Trinajstić information content (AvgIpc) is 3.20. The van der Waals surface area contributed by atoms with Crippen LogP contribution in [-0.4, -0.2) is 24.0 Å². The summed E-state index contributed by atoms with van der Waals surface area (Å²) in [6.07, 6.45) is 8.20. The molecule has 0 aromatic heterocycles. The molecule has 0 amide bonds. The first-order chi connectivity index (χ1) is 8.28. The summed E-state index contributed by atoms with van der Waals surface area (Å²) in [5.74, 6) is 2.31. The van der Waals surface area contributed by atoms with Gasteiger partial charge >= 0.3 is 0 Å². The van der Waals surface area contributed by atoms with Crippen LogP contribution in [0.1, 0.15) is 52.4 Å². The fourth-order valence-electron chi connectivity index (χ4n) is 2.33. The van der Waals surface area contributed by atoms with Crippen LogP contribution >= 0.6 is 11.8 Å². The molecule has 1 aliphatic heterocycles. The van der Waals surface area contributed by atoms with Gasteiger partial charge in [-0.25, -0.2) is 0 Å². The summed E-state index contributed by atoms with van der Waals surface area (Å²) >= 11 is 1.93. The van der Waals surface area contributed by atoms with E-state index in [1.807, 2.05) is 11.8 Å². The van der Waals surface area contributed by atoms with E-state index in [0.29, 0.717) is 5.41 Å². The molecule has 1 N–H and O–H groups in total. The maximum atomic E-state index is 4.73. The molecule has 1 aliphatic carbocycles. The van der Waals surface area contributed by atoms with Gasteiger partial charge in [-0.1, -0.05) is 38.5 Å². The van der Waals surface area contributed by atoms with E-state index in [4.69, 9.17) is 4.99 Å². The lowest BCUT2D eigenvalue weighted by Gasteiger charge is -2.33. The first-order valence-corrected chi connectivity index (χ1v) is 8.17. The Bertz CT molecular complexity index is 267. The van der Waals surface area contributed by atoms with E-state index in [1.165, 1.54) is 49.4 Å². The van der Waals surface area contributed by atoms with E-state index in [1.54, 1.807) is 0 Å². The van der Waals surface area contributed by atoms with E-state index < -0.39 is 0 Å². The number of aliphatic imine (C=N–C) groups is 1. The molecule has 0 aromatic carbocycles. The highest BCUT2D eigenvalue weighted by Crippen LogP contribution is 2.35. The summed E-state index contributed by atoms with van der Waals surface area (Å²) in [5, 5.41) is 4.70. The lowest BCUT2D eigenvalue weighted by atomic mass is 9.84. The molecule has 1 saturated carbocycles. The maximum Gasteiger partial charge on any atom is 0.156 e. The second-order valence-corrected chi connectivity index (χ2v) is 6.59. The summed E-state index contributed by atoms with van der Waals surface area (Å²) in [6.45, 7) is 6.74. The van der Waals surface area contributed by atoms with Crippen molar-refractivity contribution in [3.05, 3.63) is 0 Å². The summed E-state index contributed by atoms with van der Waals surface area (Å²) < 4.78 is 0. The van der Waals surface area contributed by atoms with Gasteiger partial charge in [-0.15, -0.1) is 0 Å². The van der Waals surface area contributed by atoms with Gasteiger partial charge in [0, 0.05) is 18.8 Å². The lowest BCUT2D eigenvalue weighted by Crippen LogP contribution is -2.34. The molecule has 1 fully saturated rings. The van der Waals surface area contributed by atoms with Crippen molar-refractivity contribution in [1.82, 2.24) is 5.32 Å². The van der Waals surface area contributed by atoms with E-state index in [2.05, 4.69) is 19.2 Å². The molecule has 3 heteroatoms. The number of hydrogen-bond acceptors (Lipinski definition) is 3. The van der Waals surface area contributed by atoms with Crippen molar-refractivity contribution < 1.29 is 0 Å². The van der Waals surface area contributed by atoms with Gasteiger partial charge in [0.15, 0.2) is 5.17 Å². The number of hydrogen-bond donors (Lipinski definition) is 1. The molecule has 17 heavy (non-hydrogen) atoms. The Morgan fingerprint density at radius 2 is 2.12 bits per heavy atom. The fraction of sp³-hybridized carbons (Fsp3) is 0.929. The van der Waals surface area contributed by atoms with Gasteiger partial charge in [0.05, 0.1) is 0 Å². The third kappa shape index (κ3) is 3.90. The summed E-state index contributed by atoms with van der Waals surface area (Å²) in [7, 11) is 0. The monoisotopic (exact) mass is 254 g/mol. The second kappa shape index (κ2) is 6.12. The van der Waals surface area contributed by atoms with Gasteiger partial charge in [-0.05, 0) is 37.0 Å². The molecule has 0 spiro atoms. The van der Waals surface area contributed by atoms with Crippen LogP contribution < -0.4 is 5.32 Å². The predicted octanol–water partition coefficient (Wildman–Crippen LogP) is 3.68. The molecule has 0 atom stereocenters. The summed E-state index contributed by atoms with van der Waals surface area (Å²) in [5.41, 5.74) is 0.476. The Morgan fingerprint density at radius 1 is 1.35 bits per heavy atom. The SMILES string of the molecule is CCC1(CC)CN=C(NCCCC2CC2)SC1. The van der Waals surface area contributed by atoms with Gasteiger partial charge in [0.1, 0.15) is 0 Å². The first-order valence-electron chi connectivity index (χ1n) is 7.19. The Labute approximate surface area is 110 Å². The molecule has 0 radical (unpaired) electrons. The van der Waals surface area contributed by atoms with Crippen LogP contribution in [0.2, 0.25) is 0 Å². The third-order valence-corrected chi connectivity index (χ3v) is 5.64. The van der Waals surface area contributed by atoms with Crippen LogP contribution in [-0.2, 0) is 0 Å². The normalized spacial score (nSPS) is 23.3. The average molecular weight is 254 g/mol. The fourth-order valence-corrected chi connectivity index (χ4v) is 3.63. The van der Waals surface area contributed by atoms with Crippen LogP contribution in [0.25, 0.3) is 0 Å². The molecule has 0 aromatic rings. The smallest absolute Gasteiger partial charge is 0.156 e. The highest BCUT2D eigenvalue weighted by molar-refractivity contribution is 8.13. The maximum absolute atomic E-state index is 4.73. The van der Waals surface area contributed by atoms with Crippen molar-refractivity contribution in [2.45, 2.75) is 52.4 Å².